The molecule has 3 aromatic rings. The number of nitro groups is 1. The van der Waals surface area contributed by atoms with Crippen molar-refractivity contribution in [3.8, 4) is 28.7 Å². The first-order valence-electron chi connectivity index (χ1n) is 8.61. The molecule has 0 N–H and O–H groups in total. The standard InChI is InChI=1S/C19H16ClN3O8/c1-27-14-7-11(8-15(28-2)17(14)29-3)18-22-21-16(31-18)9-30-19(24)10-4-5-12(20)13(6-10)23(25)26/h4-8H,9H2,1-3H3. The second kappa shape index (κ2) is 9.30. The lowest BCUT2D eigenvalue weighted by molar-refractivity contribution is -0.384. The van der Waals surface area contributed by atoms with Crippen LogP contribution in [0.4, 0.5) is 5.69 Å². The molecule has 3 rings (SSSR count). The van der Waals surface area contributed by atoms with E-state index in [1.54, 1.807) is 12.1 Å². The normalized spacial score (nSPS) is 10.5. The van der Waals surface area contributed by atoms with Crippen molar-refractivity contribution >= 4 is 23.3 Å². The average Bonchev–Trinajstić information content (AvgIpc) is 3.25. The average molecular weight is 450 g/mol. The minimum Gasteiger partial charge on any atom is -0.493 e. The summed E-state index contributed by atoms with van der Waals surface area (Å²) in [6, 6.07) is 6.83. The fourth-order valence-electron chi connectivity index (χ4n) is 2.62. The molecule has 0 aliphatic heterocycles. The minimum absolute atomic E-state index is 0.0144. The van der Waals surface area contributed by atoms with E-state index in [2.05, 4.69) is 10.2 Å². The number of nitrogens with zero attached hydrogens (tertiary/aromatic N) is 3. The lowest BCUT2D eigenvalue weighted by Crippen LogP contribution is -2.06. The van der Waals surface area contributed by atoms with Crippen LogP contribution >= 0.6 is 11.6 Å². The number of hydrogen-bond donors (Lipinski definition) is 0. The van der Waals surface area contributed by atoms with Crippen LogP contribution in [0.25, 0.3) is 11.5 Å². The van der Waals surface area contributed by atoms with Crippen LogP contribution in [0.3, 0.4) is 0 Å². The maximum atomic E-state index is 12.2. The van der Waals surface area contributed by atoms with Crippen molar-refractivity contribution in [3.63, 3.8) is 0 Å². The van der Waals surface area contributed by atoms with Gasteiger partial charge in [-0.2, -0.15) is 0 Å². The molecule has 0 unspecified atom stereocenters. The van der Waals surface area contributed by atoms with Crippen LogP contribution < -0.4 is 14.2 Å². The van der Waals surface area contributed by atoms with Crippen LogP contribution in [-0.2, 0) is 11.3 Å². The molecule has 1 aromatic heterocycles. The maximum absolute atomic E-state index is 12.2. The van der Waals surface area contributed by atoms with Crippen molar-refractivity contribution in [1.29, 1.82) is 0 Å². The summed E-state index contributed by atoms with van der Waals surface area (Å²) >= 11 is 5.74. The summed E-state index contributed by atoms with van der Waals surface area (Å²) in [4.78, 5) is 22.5. The number of halogens is 1. The van der Waals surface area contributed by atoms with Gasteiger partial charge in [-0.1, -0.05) is 11.6 Å². The van der Waals surface area contributed by atoms with E-state index in [1.807, 2.05) is 0 Å². The fourth-order valence-corrected chi connectivity index (χ4v) is 2.81. The number of rotatable bonds is 8. The first kappa shape index (κ1) is 21.8. The summed E-state index contributed by atoms with van der Waals surface area (Å²) in [5.41, 5.74) is 0.0481. The lowest BCUT2D eigenvalue weighted by atomic mass is 10.2. The predicted octanol–water partition coefficient (Wildman–Crippen LogP) is 3.68. The Labute approximate surface area is 180 Å². The number of esters is 1. The Balaban J connectivity index is 1.76. The van der Waals surface area contributed by atoms with Crippen LogP contribution in [-0.4, -0.2) is 42.4 Å². The Morgan fingerprint density at radius 3 is 2.35 bits per heavy atom. The van der Waals surface area contributed by atoms with E-state index in [4.69, 9.17) is 35.0 Å². The highest BCUT2D eigenvalue weighted by atomic mass is 35.5. The third kappa shape index (κ3) is 4.67. The summed E-state index contributed by atoms with van der Waals surface area (Å²) < 4.78 is 26.5. The monoisotopic (exact) mass is 449 g/mol. The molecule has 0 spiro atoms. The molecule has 0 fully saturated rings. The summed E-state index contributed by atoms with van der Waals surface area (Å²) in [6.07, 6.45) is 0. The molecule has 162 valence electrons. The van der Waals surface area contributed by atoms with E-state index in [9.17, 15) is 14.9 Å². The highest BCUT2D eigenvalue weighted by Crippen LogP contribution is 2.40. The van der Waals surface area contributed by atoms with E-state index in [1.165, 1.54) is 33.5 Å². The summed E-state index contributed by atoms with van der Waals surface area (Å²) in [5, 5.41) is 18.6. The van der Waals surface area contributed by atoms with Gasteiger partial charge in [0.25, 0.3) is 11.6 Å². The topological polar surface area (TPSA) is 136 Å². The number of carbonyl (C=O) groups excluding carboxylic acids is 1. The highest BCUT2D eigenvalue weighted by Gasteiger charge is 2.20. The molecule has 0 bridgehead atoms. The molecule has 11 nitrogen and oxygen atoms in total. The number of methoxy groups -OCH3 is 3. The van der Waals surface area contributed by atoms with E-state index in [0.29, 0.717) is 22.8 Å². The van der Waals surface area contributed by atoms with E-state index in [-0.39, 0.29) is 29.0 Å². The van der Waals surface area contributed by atoms with Gasteiger partial charge in [-0.25, -0.2) is 4.79 Å². The van der Waals surface area contributed by atoms with Gasteiger partial charge < -0.3 is 23.4 Å². The summed E-state index contributed by atoms with van der Waals surface area (Å²) in [7, 11) is 4.43. The van der Waals surface area contributed by atoms with Crippen LogP contribution in [0.2, 0.25) is 5.02 Å². The van der Waals surface area contributed by atoms with Gasteiger partial charge in [0.05, 0.1) is 31.8 Å². The molecule has 0 aliphatic rings. The summed E-state index contributed by atoms with van der Waals surface area (Å²) in [5.74, 6) is 0.527. The van der Waals surface area contributed by atoms with Crippen molar-refractivity contribution in [3.05, 3.63) is 56.9 Å². The molecule has 0 radical (unpaired) electrons. The van der Waals surface area contributed by atoms with Crippen LogP contribution in [0.15, 0.2) is 34.7 Å². The van der Waals surface area contributed by atoms with Crippen molar-refractivity contribution in [2.75, 3.05) is 21.3 Å². The summed E-state index contributed by atoms with van der Waals surface area (Å²) in [6.45, 7) is -0.341. The van der Waals surface area contributed by atoms with Crippen molar-refractivity contribution in [2.45, 2.75) is 6.61 Å². The Morgan fingerprint density at radius 2 is 1.77 bits per heavy atom. The number of nitro benzene ring substituents is 1. The third-order valence-corrected chi connectivity index (χ3v) is 4.40. The Kier molecular flexibility index (Phi) is 6.55. The first-order valence-corrected chi connectivity index (χ1v) is 8.99. The molecule has 1 heterocycles. The van der Waals surface area contributed by atoms with Crippen LogP contribution in [0, 0.1) is 10.1 Å². The molecule has 0 aliphatic carbocycles. The minimum atomic E-state index is -0.813. The Bertz CT molecular complexity index is 1110. The van der Waals surface area contributed by atoms with Crippen LogP contribution in [0.5, 0.6) is 17.2 Å². The van der Waals surface area contributed by atoms with Gasteiger partial charge in [-0.3, -0.25) is 10.1 Å². The zero-order chi connectivity index (χ0) is 22.5. The zero-order valence-corrected chi connectivity index (χ0v) is 17.3. The van der Waals surface area contributed by atoms with Gasteiger partial charge >= 0.3 is 5.97 Å². The highest BCUT2D eigenvalue weighted by molar-refractivity contribution is 6.32. The van der Waals surface area contributed by atoms with Crippen molar-refractivity contribution in [1.82, 2.24) is 10.2 Å². The van der Waals surface area contributed by atoms with Gasteiger partial charge in [0, 0.05) is 11.6 Å². The largest absolute Gasteiger partial charge is 0.493 e. The second-order valence-corrected chi connectivity index (χ2v) is 6.32. The second-order valence-electron chi connectivity index (χ2n) is 5.91. The number of aromatic nitrogens is 2. The van der Waals surface area contributed by atoms with Gasteiger partial charge in [0.2, 0.25) is 11.6 Å². The van der Waals surface area contributed by atoms with E-state index >= 15 is 0 Å². The third-order valence-electron chi connectivity index (χ3n) is 4.08. The van der Waals surface area contributed by atoms with Crippen LogP contribution in [0.1, 0.15) is 16.2 Å². The lowest BCUT2D eigenvalue weighted by Gasteiger charge is -2.12. The molecule has 2 aromatic carbocycles. The quantitative estimate of drug-likeness (QED) is 0.284. The molecule has 0 saturated carbocycles. The van der Waals surface area contributed by atoms with Gasteiger partial charge in [0.15, 0.2) is 18.1 Å². The molecular weight excluding hydrogens is 434 g/mol. The fraction of sp³-hybridized carbons (Fsp3) is 0.211. The number of benzene rings is 2. The molecule has 31 heavy (non-hydrogen) atoms. The number of hydrogen-bond acceptors (Lipinski definition) is 10. The van der Waals surface area contributed by atoms with Crippen molar-refractivity contribution in [2.24, 2.45) is 0 Å². The van der Waals surface area contributed by atoms with E-state index in [0.717, 1.165) is 6.07 Å². The van der Waals surface area contributed by atoms with E-state index < -0.39 is 16.6 Å². The molecular formula is C19H16ClN3O8. The first-order chi connectivity index (χ1) is 14.9. The predicted molar refractivity (Wildman–Crippen MR) is 107 cm³/mol. The maximum Gasteiger partial charge on any atom is 0.338 e. The zero-order valence-electron chi connectivity index (χ0n) is 16.6. The molecule has 0 atom stereocenters. The SMILES string of the molecule is COc1cc(-c2nnc(COC(=O)c3ccc(Cl)c([N+](=O)[O-])c3)o2)cc(OC)c1OC. The van der Waals surface area contributed by atoms with Crippen molar-refractivity contribution < 1.29 is 33.1 Å². The number of carbonyl (C=O) groups is 1. The smallest absolute Gasteiger partial charge is 0.338 e. The Hall–Kier alpha value is -3.86. The van der Waals surface area contributed by atoms with Gasteiger partial charge in [-0.05, 0) is 24.3 Å². The molecule has 12 heteroatoms. The molecule has 0 saturated heterocycles. The Morgan fingerprint density at radius 1 is 1.10 bits per heavy atom. The number of ether oxygens (including phenoxy) is 4. The van der Waals surface area contributed by atoms with Gasteiger partial charge in [-0.15, -0.1) is 10.2 Å². The molecule has 0 amide bonds. The van der Waals surface area contributed by atoms with Gasteiger partial charge in [0.1, 0.15) is 5.02 Å².